The quantitative estimate of drug-likeness (QED) is 0.656. The predicted molar refractivity (Wildman–Crippen MR) is 58.4 cm³/mol. The SMILES string of the molecule is CCC(C)(C)C1CC=C(Br)CC1. The average Bonchev–Trinajstić information content (AvgIpc) is 2.05. The molecule has 0 radical (unpaired) electrons. The van der Waals surface area contributed by atoms with Crippen molar-refractivity contribution in [1.29, 1.82) is 0 Å². The van der Waals surface area contributed by atoms with Crippen LogP contribution in [0, 0.1) is 11.3 Å². The van der Waals surface area contributed by atoms with Crippen molar-refractivity contribution in [1.82, 2.24) is 0 Å². The summed E-state index contributed by atoms with van der Waals surface area (Å²) in [6.45, 7) is 7.09. The average molecular weight is 231 g/mol. The number of allylic oxidation sites excluding steroid dienone is 2. The molecular weight excluding hydrogens is 212 g/mol. The number of rotatable bonds is 2. The largest absolute Gasteiger partial charge is 0.0741 e. The van der Waals surface area contributed by atoms with E-state index in [0.29, 0.717) is 5.41 Å². The molecule has 0 heterocycles. The molecule has 0 N–H and O–H groups in total. The first-order chi connectivity index (χ1) is 5.56. The minimum atomic E-state index is 0.532. The number of hydrogen-bond acceptors (Lipinski definition) is 0. The van der Waals surface area contributed by atoms with Gasteiger partial charge >= 0.3 is 0 Å². The summed E-state index contributed by atoms with van der Waals surface area (Å²) in [6.07, 6.45) is 7.52. The third kappa shape index (κ3) is 2.35. The minimum Gasteiger partial charge on any atom is -0.0741 e. The molecule has 0 aromatic carbocycles. The maximum absolute atomic E-state index is 3.57. The molecule has 12 heavy (non-hydrogen) atoms. The second kappa shape index (κ2) is 3.95. The van der Waals surface area contributed by atoms with E-state index in [4.69, 9.17) is 0 Å². The Bertz CT molecular complexity index is 179. The van der Waals surface area contributed by atoms with Gasteiger partial charge in [0.1, 0.15) is 0 Å². The molecule has 0 aliphatic heterocycles. The zero-order valence-corrected chi connectivity index (χ0v) is 9.95. The normalized spacial score (nSPS) is 25.3. The Morgan fingerprint density at radius 2 is 2.25 bits per heavy atom. The molecule has 0 aromatic rings. The van der Waals surface area contributed by atoms with E-state index in [1.165, 1.54) is 30.2 Å². The van der Waals surface area contributed by atoms with Crippen molar-refractivity contribution in [2.24, 2.45) is 11.3 Å². The van der Waals surface area contributed by atoms with Crippen molar-refractivity contribution in [3.05, 3.63) is 10.6 Å². The lowest BCUT2D eigenvalue weighted by molar-refractivity contribution is 0.188. The summed E-state index contributed by atoms with van der Waals surface area (Å²) in [6, 6.07) is 0. The highest BCUT2D eigenvalue weighted by atomic mass is 79.9. The molecule has 70 valence electrons. The van der Waals surface area contributed by atoms with Crippen LogP contribution in [0.2, 0.25) is 0 Å². The molecule has 0 nitrogen and oxygen atoms in total. The van der Waals surface area contributed by atoms with Gasteiger partial charge in [-0.2, -0.15) is 0 Å². The Kier molecular flexibility index (Phi) is 3.39. The van der Waals surface area contributed by atoms with E-state index >= 15 is 0 Å². The van der Waals surface area contributed by atoms with E-state index in [0.717, 1.165) is 5.92 Å². The molecule has 0 aromatic heterocycles. The van der Waals surface area contributed by atoms with Crippen LogP contribution in [0.3, 0.4) is 0 Å². The molecule has 0 fully saturated rings. The molecule has 1 atom stereocenters. The van der Waals surface area contributed by atoms with Crippen molar-refractivity contribution < 1.29 is 0 Å². The highest BCUT2D eigenvalue weighted by molar-refractivity contribution is 9.11. The third-order valence-electron chi connectivity index (χ3n) is 3.37. The molecule has 0 saturated carbocycles. The first-order valence-corrected chi connectivity index (χ1v) is 5.70. The monoisotopic (exact) mass is 230 g/mol. The van der Waals surface area contributed by atoms with Crippen molar-refractivity contribution in [3.63, 3.8) is 0 Å². The van der Waals surface area contributed by atoms with Gasteiger partial charge < -0.3 is 0 Å². The first-order valence-electron chi connectivity index (χ1n) is 4.91. The van der Waals surface area contributed by atoms with Crippen molar-refractivity contribution in [3.8, 4) is 0 Å². The third-order valence-corrected chi connectivity index (χ3v) is 4.09. The van der Waals surface area contributed by atoms with Crippen molar-refractivity contribution >= 4 is 15.9 Å². The molecule has 0 amide bonds. The van der Waals surface area contributed by atoms with Gasteiger partial charge in [-0.25, -0.2) is 0 Å². The van der Waals surface area contributed by atoms with Gasteiger partial charge in [0.05, 0.1) is 0 Å². The van der Waals surface area contributed by atoms with Crippen LogP contribution in [0.25, 0.3) is 0 Å². The highest BCUT2D eigenvalue weighted by Crippen LogP contribution is 2.40. The predicted octanol–water partition coefficient (Wildman–Crippen LogP) is 4.50. The number of hydrogen-bond donors (Lipinski definition) is 0. The molecule has 1 heteroatoms. The molecule has 1 rings (SSSR count). The van der Waals surface area contributed by atoms with Gasteiger partial charge in [-0.05, 0) is 35.1 Å². The molecular formula is C11H19Br. The van der Waals surface area contributed by atoms with Gasteiger partial charge in [0, 0.05) is 0 Å². The summed E-state index contributed by atoms with van der Waals surface area (Å²) in [5.74, 6) is 0.892. The zero-order chi connectivity index (χ0) is 9.19. The van der Waals surface area contributed by atoms with Gasteiger partial charge in [0.2, 0.25) is 0 Å². The van der Waals surface area contributed by atoms with Crippen LogP contribution < -0.4 is 0 Å². The van der Waals surface area contributed by atoms with Gasteiger partial charge in [-0.3, -0.25) is 0 Å². The van der Waals surface area contributed by atoms with E-state index in [-0.39, 0.29) is 0 Å². The fourth-order valence-electron chi connectivity index (χ4n) is 1.80. The fraction of sp³-hybridized carbons (Fsp3) is 0.818. The second-order valence-electron chi connectivity index (χ2n) is 4.46. The Hall–Kier alpha value is 0.220. The Morgan fingerprint density at radius 3 is 2.67 bits per heavy atom. The van der Waals surface area contributed by atoms with Crippen LogP contribution in [0.4, 0.5) is 0 Å². The smallest absolute Gasteiger partial charge is 0.00890 e. The van der Waals surface area contributed by atoms with Crippen LogP contribution in [-0.2, 0) is 0 Å². The van der Waals surface area contributed by atoms with Crippen molar-refractivity contribution in [2.45, 2.75) is 46.5 Å². The maximum Gasteiger partial charge on any atom is -0.00890 e. The van der Waals surface area contributed by atoms with Gasteiger partial charge in [0.25, 0.3) is 0 Å². The van der Waals surface area contributed by atoms with E-state index in [1.54, 1.807) is 0 Å². The van der Waals surface area contributed by atoms with Gasteiger partial charge in [-0.1, -0.05) is 49.2 Å². The van der Waals surface area contributed by atoms with Crippen LogP contribution in [-0.4, -0.2) is 0 Å². The van der Waals surface area contributed by atoms with E-state index in [2.05, 4.69) is 42.8 Å². The molecule has 1 unspecified atom stereocenters. The topological polar surface area (TPSA) is 0 Å². The molecule has 1 aliphatic carbocycles. The fourth-order valence-corrected chi connectivity index (χ4v) is 2.22. The molecule has 0 bridgehead atoms. The summed E-state index contributed by atoms with van der Waals surface area (Å²) < 4.78 is 1.41. The summed E-state index contributed by atoms with van der Waals surface area (Å²) in [7, 11) is 0. The van der Waals surface area contributed by atoms with E-state index in [1.807, 2.05) is 0 Å². The standard InChI is InChI=1S/C11H19Br/c1-4-11(2,3)9-5-7-10(12)8-6-9/h7,9H,4-6,8H2,1-3H3. The molecule has 0 spiro atoms. The minimum absolute atomic E-state index is 0.532. The lowest BCUT2D eigenvalue weighted by atomic mass is 9.71. The Balaban J connectivity index is 2.56. The highest BCUT2D eigenvalue weighted by Gasteiger charge is 2.28. The molecule has 1 aliphatic rings. The summed E-state index contributed by atoms with van der Waals surface area (Å²) in [4.78, 5) is 0. The van der Waals surface area contributed by atoms with Crippen LogP contribution in [0.5, 0.6) is 0 Å². The van der Waals surface area contributed by atoms with Crippen LogP contribution in [0.15, 0.2) is 10.6 Å². The number of halogens is 1. The first kappa shape index (κ1) is 10.3. The second-order valence-corrected chi connectivity index (χ2v) is 5.48. The van der Waals surface area contributed by atoms with Gasteiger partial charge in [-0.15, -0.1) is 0 Å². The summed E-state index contributed by atoms with van der Waals surface area (Å²) in [5.41, 5.74) is 0.532. The van der Waals surface area contributed by atoms with Crippen LogP contribution >= 0.6 is 15.9 Å². The zero-order valence-electron chi connectivity index (χ0n) is 8.36. The Labute approximate surface area is 84.6 Å². The summed E-state index contributed by atoms with van der Waals surface area (Å²) in [5, 5.41) is 0. The maximum atomic E-state index is 3.57. The molecule has 0 saturated heterocycles. The van der Waals surface area contributed by atoms with E-state index < -0.39 is 0 Å². The lowest BCUT2D eigenvalue weighted by Crippen LogP contribution is -2.24. The Morgan fingerprint density at radius 1 is 1.58 bits per heavy atom. The van der Waals surface area contributed by atoms with E-state index in [9.17, 15) is 0 Å². The summed E-state index contributed by atoms with van der Waals surface area (Å²) >= 11 is 3.57. The van der Waals surface area contributed by atoms with Crippen LogP contribution in [0.1, 0.15) is 46.5 Å². The lowest BCUT2D eigenvalue weighted by Gasteiger charge is -2.35. The van der Waals surface area contributed by atoms with Gasteiger partial charge in [0.15, 0.2) is 0 Å². The van der Waals surface area contributed by atoms with Crippen molar-refractivity contribution in [2.75, 3.05) is 0 Å².